The lowest BCUT2D eigenvalue weighted by Crippen LogP contribution is -2.48. The van der Waals surface area contributed by atoms with Gasteiger partial charge in [-0.3, -0.25) is 14.4 Å². The van der Waals surface area contributed by atoms with Gasteiger partial charge in [-0.15, -0.1) is 0 Å². The first-order chi connectivity index (χ1) is 21.9. The summed E-state index contributed by atoms with van der Waals surface area (Å²) in [5.74, 6) is -6.36. The number of carbonyl (C=O) groups excluding carboxylic acids is 3. The van der Waals surface area contributed by atoms with E-state index in [-0.39, 0.29) is 59.5 Å². The average molecular weight is 697 g/mol. The Kier molecular flexibility index (Phi) is 8.90. The quantitative estimate of drug-likeness (QED) is 0.193. The van der Waals surface area contributed by atoms with Crippen molar-refractivity contribution in [2.75, 3.05) is 19.0 Å². The maximum absolute atomic E-state index is 15.0. The van der Waals surface area contributed by atoms with Crippen LogP contribution in [0.2, 0.25) is 0 Å². The lowest BCUT2D eigenvalue weighted by Gasteiger charge is -2.40. The summed E-state index contributed by atoms with van der Waals surface area (Å²) < 4.78 is 112. The van der Waals surface area contributed by atoms with Crippen molar-refractivity contribution in [3.05, 3.63) is 47.5 Å². The molecular weight excluding hydrogens is 661 g/mol. The fourth-order valence-corrected chi connectivity index (χ4v) is 7.70. The normalized spacial score (nSPS) is 26.9. The molecule has 3 saturated carbocycles. The van der Waals surface area contributed by atoms with Crippen molar-refractivity contribution in [2.45, 2.75) is 68.9 Å². The van der Waals surface area contributed by atoms with Crippen molar-refractivity contribution in [3.63, 3.8) is 0 Å². The molecule has 5 rings (SSSR count). The Morgan fingerprint density at radius 1 is 0.872 bits per heavy atom. The minimum absolute atomic E-state index is 0.0163. The summed E-state index contributed by atoms with van der Waals surface area (Å²) in [5.41, 5.74) is -0.902. The van der Waals surface area contributed by atoms with Crippen molar-refractivity contribution >= 4 is 33.7 Å². The lowest BCUT2D eigenvalue weighted by molar-refractivity contribution is -0.149. The average Bonchev–Trinajstić information content (AvgIpc) is 3.59. The zero-order valence-electron chi connectivity index (χ0n) is 25.5. The van der Waals surface area contributed by atoms with Crippen LogP contribution in [0.15, 0.2) is 35.2 Å². The summed E-state index contributed by atoms with van der Waals surface area (Å²) in [5, 5.41) is 4.91. The van der Waals surface area contributed by atoms with Crippen LogP contribution in [-0.4, -0.2) is 43.6 Å². The minimum Gasteiger partial charge on any atom is -0.496 e. The number of carbonyl (C=O) groups is 3. The first kappa shape index (κ1) is 34.6. The van der Waals surface area contributed by atoms with E-state index in [4.69, 9.17) is 14.2 Å². The van der Waals surface area contributed by atoms with Gasteiger partial charge in [0.1, 0.15) is 16.5 Å². The molecule has 3 fully saturated rings. The standard InChI is InChI=1S/C31H35F7N2O6S/c1-3-45-31(43)16-6-8-21(9-7-16)46-26-14-23(25(44-2)15-24(26)33)29(41)40-28-18-5-4-17(10-18)27(28)30(42)39-20-11-19(32)12-22(13-20)47(34,35,36,37)38/h11-18,21,27-28H,3-10H2,1-2H3,(H,39,42)(H,40,41)/t16?,17-,18+,21?,27+,28-/m1/s1. The van der Waals surface area contributed by atoms with E-state index in [0.717, 1.165) is 6.07 Å². The number of methoxy groups -OCH3 is 1. The topological polar surface area (TPSA) is 103 Å². The van der Waals surface area contributed by atoms with Crippen LogP contribution >= 0.6 is 10.2 Å². The predicted molar refractivity (Wildman–Crippen MR) is 158 cm³/mol. The number of hydrogen-bond acceptors (Lipinski definition) is 6. The Morgan fingerprint density at radius 2 is 1.55 bits per heavy atom. The number of ether oxygens (including phenoxy) is 3. The van der Waals surface area contributed by atoms with Crippen LogP contribution in [0.3, 0.4) is 0 Å². The molecular formula is C31H35F7N2O6S. The third kappa shape index (κ3) is 7.73. The van der Waals surface area contributed by atoms with Crippen LogP contribution < -0.4 is 20.1 Å². The fourth-order valence-electron chi connectivity index (χ4n) is 7.02. The predicted octanol–water partition coefficient (Wildman–Crippen LogP) is 7.91. The Bertz CT molecular complexity index is 1570. The van der Waals surface area contributed by atoms with Crippen molar-refractivity contribution in [1.82, 2.24) is 5.32 Å². The second kappa shape index (κ2) is 12.1. The summed E-state index contributed by atoms with van der Waals surface area (Å²) in [7, 11) is -9.01. The van der Waals surface area contributed by atoms with Crippen LogP contribution in [-0.2, 0) is 14.3 Å². The molecule has 0 aliphatic heterocycles. The Labute approximate surface area is 266 Å². The second-order valence-electron chi connectivity index (χ2n) is 12.3. The van der Waals surface area contributed by atoms with E-state index in [1.54, 1.807) is 6.92 Å². The smallest absolute Gasteiger partial charge is 0.310 e. The van der Waals surface area contributed by atoms with Crippen molar-refractivity contribution < 1.29 is 56.8 Å². The number of halogens is 7. The highest BCUT2D eigenvalue weighted by Crippen LogP contribution is 3.02. The third-order valence-electron chi connectivity index (χ3n) is 9.19. The van der Waals surface area contributed by atoms with Gasteiger partial charge in [-0.05, 0) is 88.0 Å². The van der Waals surface area contributed by atoms with Gasteiger partial charge in [-0.2, -0.15) is 0 Å². The molecule has 2 bridgehead atoms. The van der Waals surface area contributed by atoms with E-state index in [1.165, 1.54) is 13.2 Å². The number of fused-ring (bicyclic) bond motifs is 2. The highest BCUT2D eigenvalue weighted by molar-refractivity contribution is 8.45. The summed E-state index contributed by atoms with van der Waals surface area (Å²) in [6, 6.07) is 1.50. The van der Waals surface area contributed by atoms with E-state index >= 15 is 4.39 Å². The van der Waals surface area contributed by atoms with Crippen LogP contribution in [0.1, 0.15) is 62.2 Å². The molecule has 0 unspecified atom stereocenters. The molecule has 0 spiro atoms. The number of nitrogens with one attached hydrogen (secondary N) is 2. The number of benzene rings is 2. The van der Waals surface area contributed by atoms with E-state index in [1.807, 2.05) is 0 Å². The first-order valence-electron chi connectivity index (χ1n) is 15.2. The molecule has 3 aliphatic rings. The molecule has 2 aromatic carbocycles. The molecule has 3 aliphatic carbocycles. The molecule has 0 radical (unpaired) electrons. The Hall–Kier alpha value is -3.69. The summed E-state index contributed by atoms with van der Waals surface area (Å²) >= 11 is 0. The first-order valence-corrected chi connectivity index (χ1v) is 17.2. The number of rotatable bonds is 10. The zero-order chi connectivity index (χ0) is 34.4. The van der Waals surface area contributed by atoms with E-state index < -0.39 is 62.3 Å². The van der Waals surface area contributed by atoms with E-state index in [2.05, 4.69) is 10.6 Å². The summed E-state index contributed by atoms with van der Waals surface area (Å²) in [4.78, 5) is 36.5. The van der Waals surface area contributed by atoms with Gasteiger partial charge in [0.2, 0.25) is 5.91 Å². The molecule has 8 nitrogen and oxygen atoms in total. The highest BCUT2D eigenvalue weighted by Gasteiger charge is 2.65. The van der Waals surface area contributed by atoms with Crippen LogP contribution in [0.25, 0.3) is 0 Å². The van der Waals surface area contributed by atoms with Gasteiger partial charge in [0, 0.05) is 17.8 Å². The van der Waals surface area contributed by atoms with Gasteiger partial charge >= 0.3 is 16.2 Å². The largest absolute Gasteiger partial charge is 0.496 e. The highest BCUT2D eigenvalue weighted by atomic mass is 32.5. The molecule has 0 saturated heterocycles. The fraction of sp³-hybridized carbons (Fsp3) is 0.516. The summed E-state index contributed by atoms with van der Waals surface area (Å²) in [6.45, 7) is 1.98. The van der Waals surface area contributed by atoms with Gasteiger partial charge in [-0.25, -0.2) is 8.78 Å². The number of anilines is 1. The molecule has 260 valence electrons. The molecule has 2 aromatic rings. The second-order valence-corrected chi connectivity index (χ2v) is 14.7. The molecule has 2 N–H and O–H groups in total. The Balaban J connectivity index is 1.32. The molecule has 47 heavy (non-hydrogen) atoms. The van der Waals surface area contributed by atoms with Gasteiger partial charge in [0.25, 0.3) is 5.91 Å². The van der Waals surface area contributed by atoms with Gasteiger partial charge in [0.05, 0.1) is 37.2 Å². The number of amides is 2. The molecule has 16 heteroatoms. The molecule has 0 aromatic heterocycles. The Morgan fingerprint density at radius 3 is 2.19 bits per heavy atom. The summed E-state index contributed by atoms with van der Waals surface area (Å²) in [6.07, 6.45) is 3.16. The molecule has 0 heterocycles. The lowest BCUT2D eigenvalue weighted by atomic mass is 9.83. The monoisotopic (exact) mass is 696 g/mol. The van der Waals surface area contributed by atoms with Crippen molar-refractivity contribution in [1.29, 1.82) is 0 Å². The van der Waals surface area contributed by atoms with Crippen molar-refractivity contribution in [3.8, 4) is 11.5 Å². The molecule has 2 amide bonds. The van der Waals surface area contributed by atoms with E-state index in [0.29, 0.717) is 51.0 Å². The van der Waals surface area contributed by atoms with E-state index in [9.17, 15) is 38.2 Å². The maximum Gasteiger partial charge on any atom is 0.310 e. The molecule has 4 atom stereocenters. The number of esters is 1. The maximum atomic E-state index is 15.0. The minimum atomic E-state index is -10.2. The van der Waals surface area contributed by atoms with Crippen LogP contribution in [0.5, 0.6) is 11.5 Å². The van der Waals surface area contributed by atoms with Gasteiger partial charge < -0.3 is 24.8 Å². The SMILES string of the molecule is CCOC(=O)C1CCC(Oc2cc(C(=O)N[C@@H]3[C@H]4CC[C@H](C4)[C@@H]3C(=O)Nc3cc(F)cc(S(F)(F)(F)(F)F)c3)c(OC)cc2F)CC1. The zero-order valence-corrected chi connectivity index (χ0v) is 26.3. The van der Waals surface area contributed by atoms with Crippen LogP contribution in [0.4, 0.5) is 33.9 Å². The van der Waals surface area contributed by atoms with Gasteiger partial charge in [0.15, 0.2) is 11.6 Å². The number of hydrogen-bond donors (Lipinski definition) is 2. The third-order valence-corrected chi connectivity index (χ3v) is 10.3. The van der Waals surface area contributed by atoms with Crippen molar-refractivity contribution in [2.24, 2.45) is 23.7 Å². The van der Waals surface area contributed by atoms with Crippen LogP contribution in [0, 0.1) is 35.3 Å². The van der Waals surface area contributed by atoms with Gasteiger partial charge in [-0.1, -0.05) is 19.4 Å².